The average molecular weight is 333 g/mol. The van der Waals surface area contributed by atoms with Gasteiger partial charge in [0, 0.05) is 12.6 Å². The van der Waals surface area contributed by atoms with E-state index >= 15 is 0 Å². The van der Waals surface area contributed by atoms with Crippen molar-refractivity contribution in [3.05, 3.63) is 23.8 Å². The Labute approximate surface area is 143 Å². The molecule has 0 spiro atoms. The summed E-state index contributed by atoms with van der Waals surface area (Å²) in [5, 5.41) is 2.85. The molecule has 24 heavy (non-hydrogen) atoms. The minimum absolute atomic E-state index is 0.0231. The molecule has 1 heterocycles. The molecule has 6 nitrogen and oxygen atoms in total. The van der Waals surface area contributed by atoms with E-state index in [4.69, 9.17) is 10.5 Å². The van der Waals surface area contributed by atoms with Gasteiger partial charge in [-0.25, -0.2) is 0 Å². The summed E-state index contributed by atoms with van der Waals surface area (Å²) in [7, 11) is 0. The first kappa shape index (κ1) is 18.3. The van der Waals surface area contributed by atoms with E-state index < -0.39 is 5.60 Å². The number of carbonyl (C=O) groups excluding carboxylic acids is 2. The van der Waals surface area contributed by atoms with Gasteiger partial charge in [-0.3, -0.25) is 14.5 Å². The van der Waals surface area contributed by atoms with Crippen LogP contribution in [-0.4, -0.2) is 30.5 Å². The normalized spacial score (nSPS) is 17.0. The molecule has 1 aromatic carbocycles. The first-order valence-electron chi connectivity index (χ1n) is 8.43. The molecule has 0 fully saturated rings. The number of amides is 2. The summed E-state index contributed by atoms with van der Waals surface area (Å²) in [4.78, 5) is 26.4. The highest BCUT2D eigenvalue weighted by atomic mass is 16.5. The maximum absolute atomic E-state index is 12.7. The highest BCUT2D eigenvalue weighted by Crippen LogP contribution is 2.39. The number of rotatable bonds is 6. The molecule has 2 rings (SSSR count). The Morgan fingerprint density at radius 1 is 1.42 bits per heavy atom. The Bertz CT molecular complexity index is 626. The summed E-state index contributed by atoms with van der Waals surface area (Å²) < 4.78 is 5.81. The Balaban J connectivity index is 2.29. The van der Waals surface area contributed by atoms with E-state index in [1.807, 2.05) is 25.1 Å². The van der Waals surface area contributed by atoms with Crippen LogP contribution in [0.5, 0.6) is 5.75 Å². The van der Waals surface area contributed by atoms with Crippen molar-refractivity contribution >= 4 is 17.5 Å². The van der Waals surface area contributed by atoms with Crippen LogP contribution in [0.2, 0.25) is 0 Å². The van der Waals surface area contributed by atoms with Gasteiger partial charge >= 0.3 is 0 Å². The largest absolute Gasteiger partial charge is 0.476 e. The lowest BCUT2D eigenvalue weighted by Gasteiger charge is -2.38. The first-order valence-corrected chi connectivity index (χ1v) is 8.43. The topological polar surface area (TPSA) is 84.7 Å². The smallest absolute Gasteiger partial charge is 0.271 e. The van der Waals surface area contributed by atoms with Gasteiger partial charge < -0.3 is 15.8 Å². The minimum atomic E-state index is -1.01. The standard InChI is InChI=1S/C18H27N3O3/c1-5-6-9-20-16(22)11-21-14-10-13(12(2)19)7-8-15(14)24-18(3,4)17(21)23/h7-8,10,12H,5-6,9,11,19H2,1-4H3,(H,20,22). The summed E-state index contributed by atoms with van der Waals surface area (Å²) >= 11 is 0. The molecule has 6 heteroatoms. The van der Waals surface area contributed by atoms with Crippen molar-refractivity contribution in [1.82, 2.24) is 5.32 Å². The molecule has 0 radical (unpaired) electrons. The second-order valence-corrected chi connectivity index (χ2v) is 6.72. The van der Waals surface area contributed by atoms with Crippen LogP contribution in [0.1, 0.15) is 52.1 Å². The number of hydrogen-bond acceptors (Lipinski definition) is 4. The molecule has 2 amide bonds. The fourth-order valence-corrected chi connectivity index (χ4v) is 2.63. The van der Waals surface area contributed by atoms with Crippen LogP contribution >= 0.6 is 0 Å². The summed E-state index contributed by atoms with van der Waals surface area (Å²) in [5.41, 5.74) is 6.42. The lowest BCUT2D eigenvalue weighted by Crippen LogP contribution is -2.55. The van der Waals surface area contributed by atoms with Crippen LogP contribution < -0.4 is 20.7 Å². The van der Waals surface area contributed by atoms with Gasteiger partial charge in [0.15, 0.2) is 5.60 Å². The van der Waals surface area contributed by atoms with Crippen molar-refractivity contribution in [2.45, 2.75) is 52.2 Å². The SMILES string of the molecule is CCCCNC(=O)CN1C(=O)C(C)(C)Oc2ccc(C(C)N)cc21. The summed E-state index contributed by atoms with van der Waals surface area (Å²) in [6, 6.07) is 5.35. The van der Waals surface area contributed by atoms with E-state index in [0.717, 1.165) is 18.4 Å². The molecule has 0 saturated carbocycles. The zero-order valence-corrected chi connectivity index (χ0v) is 14.9. The molecule has 1 unspecified atom stereocenters. The molecule has 0 aliphatic carbocycles. The fourth-order valence-electron chi connectivity index (χ4n) is 2.63. The third-order valence-electron chi connectivity index (χ3n) is 4.08. The fraction of sp³-hybridized carbons (Fsp3) is 0.556. The third kappa shape index (κ3) is 3.87. The molecular formula is C18H27N3O3. The second-order valence-electron chi connectivity index (χ2n) is 6.72. The van der Waals surface area contributed by atoms with Crippen molar-refractivity contribution in [3.8, 4) is 5.75 Å². The number of fused-ring (bicyclic) bond motifs is 1. The van der Waals surface area contributed by atoms with Gasteiger partial charge in [0.2, 0.25) is 5.91 Å². The lowest BCUT2D eigenvalue weighted by atomic mass is 10.0. The van der Waals surface area contributed by atoms with Crippen LogP contribution in [0.15, 0.2) is 18.2 Å². The molecule has 0 bridgehead atoms. The van der Waals surface area contributed by atoms with Crippen molar-refractivity contribution in [2.24, 2.45) is 5.73 Å². The maximum Gasteiger partial charge on any atom is 0.271 e. The maximum atomic E-state index is 12.7. The van der Waals surface area contributed by atoms with Gasteiger partial charge in [-0.1, -0.05) is 19.4 Å². The van der Waals surface area contributed by atoms with Gasteiger partial charge in [-0.2, -0.15) is 0 Å². The number of carbonyl (C=O) groups is 2. The molecule has 1 aliphatic heterocycles. The third-order valence-corrected chi connectivity index (χ3v) is 4.08. The molecular weight excluding hydrogens is 306 g/mol. The summed E-state index contributed by atoms with van der Waals surface area (Å²) in [5.74, 6) is 0.180. The van der Waals surface area contributed by atoms with Crippen LogP contribution in [0.25, 0.3) is 0 Å². The molecule has 1 aliphatic rings. The summed E-state index contributed by atoms with van der Waals surface area (Å²) in [6.07, 6.45) is 1.92. The number of anilines is 1. The van der Waals surface area contributed by atoms with Crippen molar-refractivity contribution < 1.29 is 14.3 Å². The van der Waals surface area contributed by atoms with Crippen LogP contribution in [0, 0.1) is 0 Å². The molecule has 0 saturated heterocycles. The Kier molecular flexibility index (Phi) is 5.49. The molecule has 132 valence electrons. The molecule has 0 aromatic heterocycles. The van der Waals surface area contributed by atoms with E-state index in [-0.39, 0.29) is 24.4 Å². The van der Waals surface area contributed by atoms with Gasteiger partial charge in [-0.05, 0) is 44.9 Å². The number of unbranched alkanes of at least 4 members (excludes halogenated alkanes) is 1. The highest BCUT2D eigenvalue weighted by molar-refractivity contribution is 6.05. The zero-order valence-electron chi connectivity index (χ0n) is 14.9. The quantitative estimate of drug-likeness (QED) is 0.781. The molecule has 3 N–H and O–H groups in total. The van der Waals surface area contributed by atoms with Crippen LogP contribution in [0.4, 0.5) is 5.69 Å². The number of ether oxygens (including phenoxy) is 1. The number of nitrogens with zero attached hydrogens (tertiary/aromatic N) is 1. The zero-order chi connectivity index (χ0) is 17.9. The van der Waals surface area contributed by atoms with Crippen LogP contribution in [-0.2, 0) is 9.59 Å². The molecule has 1 aromatic rings. The van der Waals surface area contributed by atoms with Crippen molar-refractivity contribution in [3.63, 3.8) is 0 Å². The van der Waals surface area contributed by atoms with Gasteiger partial charge in [0.05, 0.1) is 5.69 Å². The Hall–Kier alpha value is -2.08. The number of nitrogens with one attached hydrogen (secondary N) is 1. The van der Waals surface area contributed by atoms with Crippen molar-refractivity contribution in [2.75, 3.05) is 18.0 Å². The van der Waals surface area contributed by atoms with Gasteiger partial charge in [-0.15, -0.1) is 0 Å². The minimum Gasteiger partial charge on any atom is -0.476 e. The van der Waals surface area contributed by atoms with Crippen molar-refractivity contribution in [1.29, 1.82) is 0 Å². The second kappa shape index (κ2) is 7.21. The number of benzene rings is 1. The highest BCUT2D eigenvalue weighted by Gasteiger charge is 2.41. The Morgan fingerprint density at radius 2 is 2.12 bits per heavy atom. The number of hydrogen-bond donors (Lipinski definition) is 2. The van der Waals surface area contributed by atoms with E-state index in [0.29, 0.717) is 18.0 Å². The Morgan fingerprint density at radius 3 is 2.75 bits per heavy atom. The van der Waals surface area contributed by atoms with E-state index in [1.165, 1.54) is 4.90 Å². The van der Waals surface area contributed by atoms with E-state index in [2.05, 4.69) is 12.2 Å². The van der Waals surface area contributed by atoms with Gasteiger partial charge in [0.25, 0.3) is 5.91 Å². The summed E-state index contributed by atoms with van der Waals surface area (Å²) in [6.45, 7) is 7.94. The van der Waals surface area contributed by atoms with Crippen LogP contribution in [0.3, 0.4) is 0 Å². The molecule has 1 atom stereocenters. The van der Waals surface area contributed by atoms with E-state index in [1.54, 1.807) is 13.8 Å². The predicted octanol–water partition coefficient (Wildman–Crippen LogP) is 2.13. The lowest BCUT2D eigenvalue weighted by molar-refractivity contribution is -0.134. The number of nitrogens with two attached hydrogens (primary N) is 1. The first-order chi connectivity index (χ1) is 11.3. The van der Waals surface area contributed by atoms with E-state index in [9.17, 15) is 9.59 Å². The monoisotopic (exact) mass is 333 g/mol. The average Bonchev–Trinajstić information content (AvgIpc) is 2.51. The predicted molar refractivity (Wildman–Crippen MR) is 94.0 cm³/mol. The van der Waals surface area contributed by atoms with Gasteiger partial charge in [0.1, 0.15) is 12.3 Å².